The van der Waals surface area contributed by atoms with Crippen LogP contribution in [-0.4, -0.2) is 34.5 Å². The maximum atomic E-state index is 10.5. The average molecular weight is 468 g/mol. The molecule has 2 bridgehead atoms. The number of aliphatic hydroxyl groups is 2. The predicted molar refractivity (Wildman–Crippen MR) is 135 cm³/mol. The van der Waals surface area contributed by atoms with Gasteiger partial charge in [-0.3, -0.25) is 0 Å². The van der Waals surface area contributed by atoms with Crippen molar-refractivity contribution in [3.8, 4) is 11.5 Å². The van der Waals surface area contributed by atoms with Crippen LogP contribution in [0.5, 0.6) is 11.5 Å². The van der Waals surface area contributed by atoms with Gasteiger partial charge in [0.15, 0.2) is 0 Å². The summed E-state index contributed by atoms with van der Waals surface area (Å²) in [6, 6.07) is 13.4. The van der Waals surface area contributed by atoms with Crippen molar-refractivity contribution in [2.24, 2.45) is 17.8 Å². The number of rotatable bonds is 11. The third-order valence-corrected chi connectivity index (χ3v) is 7.78. The van der Waals surface area contributed by atoms with Crippen molar-refractivity contribution in [3.05, 3.63) is 59.2 Å². The molecule has 4 N–H and O–H groups in total. The molecule has 0 aromatic heterocycles. The van der Waals surface area contributed by atoms with E-state index in [2.05, 4.69) is 30.4 Å². The molecule has 4 atom stereocenters. The molecule has 4 rings (SSSR count). The maximum absolute atomic E-state index is 10.5. The van der Waals surface area contributed by atoms with Gasteiger partial charge in [0, 0.05) is 18.2 Å². The number of aliphatic hydroxyl groups excluding tert-OH is 2. The Hall–Kier alpha value is -2.08. The minimum Gasteiger partial charge on any atom is -0.508 e. The predicted octanol–water partition coefficient (Wildman–Crippen LogP) is 5.12. The highest BCUT2D eigenvalue weighted by Gasteiger charge is 2.31. The second-order valence-corrected chi connectivity index (χ2v) is 10.6. The van der Waals surface area contributed by atoms with Gasteiger partial charge in [-0.2, -0.15) is 0 Å². The lowest BCUT2D eigenvalue weighted by Crippen LogP contribution is -2.32. The Balaban J connectivity index is 1.20. The van der Waals surface area contributed by atoms with Gasteiger partial charge in [0.2, 0.25) is 0 Å². The van der Waals surface area contributed by atoms with Gasteiger partial charge in [0.1, 0.15) is 11.5 Å². The van der Waals surface area contributed by atoms with E-state index >= 15 is 0 Å². The molecule has 34 heavy (non-hydrogen) atoms. The standard InChI is InChI=1S/C29H41NO4/c1-20(30-18-29(33)25-8-9-28(32)26(17-25)19-31)12-21-6-3-7-27(16-21)34-11-10-24-14-22-4-2-5-23(13-22)15-24/h3,6-9,16-17,20,22-24,29-33H,2,4-5,10-15,18-19H2,1H3/t20-,22?,23?,24?,29+/m1/s1. The normalized spacial score (nSPS) is 23.9. The minimum absolute atomic E-state index is 0.0446. The number of phenols is 1. The summed E-state index contributed by atoms with van der Waals surface area (Å²) in [7, 11) is 0. The Morgan fingerprint density at radius 3 is 2.62 bits per heavy atom. The SMILES string of the molecule is C[C@H](Cc1cccc(OCCC2CC3CCCC(C3)C2)c1)NC[C@H](O)c1ccc(O)c(CO)c1. The summed E-state index contributed by atoms with van der Waals surface area (Å²) in [6.45, 7) is 3.05. The summed E-state index contributed by atoms with van der Waals surface area (Å²) in [5.74, 6) is 3.77. The second-order valence-electron chi connectivity index (χ2n) is 10.6. The lowest BCUT2D eigenvalue weighted by Gasteiger charge is -2.39. The fraction of sp³-hybridized carbons (Fsp3) is 0.586. The Morgan fingerprint density at radius 2 is 1.85 bits per heavy atom. The quantitative estimate of drug-likeness (QED) is 0.369. The molecular formula is C29H41NO4. The van der Waals surface area contributed by atoms with E-state index in [1.807, 2.05) is 6.07 Å². The molecule has 2 aliphatic carbocycles. The van der Waals surface area contributed by atoms with Gasteiger partial charge in [0.25, 0.3) is 0 Å². The summed E-state index contributed by atoms with van der Waals surface area (Å²) < 4.78 is 6.14. The molecule has 5 heteroatoms. The minimum atomic E-state index is -0.706. The number of hydrogen-bond donors (Lipinski definition) is 4. The number of aromatic hydroxyl groups is 1. The van der Waals surface area contributed by atoms with Crippen LogP contribution in [0.15, 0.2) is 42.5 Å². The van der Waals surface area contributed by atoms with E-state index in [-0.39, 0.29) is 18.4 Å². The van der Waals surface area contributed by atoms with Crippen LogP contribution in [0, 0.1) is 17.8 Å². The first-order valence-electron chi connectivity index (χ1n) is 13.1. The first-order valence-corrected chi connectivity index (χ1v) is 13.1. The van der Waals surface area contributed by atoms with Crippen LogP contribution in [0.3, 0.4) is 0 Å². The molecule has 2 aromatic carbocycles. The molecular weight excluding hydrogens is 426 g/mol. The van der Waals surface area contributed by atoms with E-state index in [9.17, 15) is 15.3 Å². The topological polar surface area (TPSA) is 82.0 Å². The Labute approximate surface area is 204 Å². The van der Waals surface area contributed by atoms with Crippen molar-refractivity contribution in [3.63, 3.8) is 0 Å². The molecule has 0 amide bonds. The first-order chi connectivity index (χ1) is 16.5. The average Bonchev–Trinajstić information content (AvgIpc) is 2.83. The van der Waals surface area contributed by atoms with Crippen LogP contribution in [0.2, 0.25) is 0 Å². The molecule has 2 aromatic rings. The van der Waals surface area contributed by atoms with Crippen molar-refractivity contribution >= 4 is 0 Å². The lowest BCUT2D eigenvalue weighted by molar-refractivity contribution is 0.120. The third-order valence-electron chi connectivity index (χ3n) is 7.78. The van der Waals surface area contributed by atoms with Gasteiger partial charge in [-0.25, -0.2) is 0 Å². The first kappa shape index (κ1) is 25.0. The Kier molecular flexibility index (Phi) is 8.87. The summed E-state index contributed by atoms with van der Waals surface area (Å²) in [5, 5.41) is 32.9. The Bertz CT molecular complexity index is 905. The van der Waals surface area contributed by atoms with Crippen LogP contribution in [0.1, 0.15) is 74.7 Å². The maximum Gasteiger partial charge on any atom is 0.121 e. The molecule has 2 aliphatic rings. The fourth-order valence-corrected chi connectivity index (χ4v) is 6.01. The highest BCUT2D eigenvalue weighted by Crippen LogP contribution is 2.43. The monoisotopic (exact) mass is 467 g/mol. The summed E-state index contributed by atoms with van der Waals surface area (Å²) in [5.41, 5.74) is 2.32. The number of fused-ring (bicyclic) bond motifs is 2. The zero-order chi connectivity index (χ0) is 23.9. The van der Waals surface area contributed by atoms with Crippen LogP contribution in [0.4, 0.5) is 0 Å². The van der Waals surface area contributed by atoms with Crippen LogP contribution in [0.25, 0.3) is 0 Å². The van der Waals surface area contributed by atoms with E-state index < -0.39 is 6.10 Å². The van der Waals surface area contributed by atoms with E-state index in [0.717, 1.165) is 36.5 Å². The van der Waals surface area contributed by atoms with Crippen LogP contribution in [-0.2, 0) is 13.0 Å². The molecule has 0 heterocycles. The van der Waals surface area contributed by atoms with Crippen molar-refractivity contribution < 1.29 is 20.1 Å². The van der Waals surface area contributed by atoms with Crippen molar-refractivity contribution in [2.45, 2.75) is 77.0 Å². The fourth-order valence-electron chi connectivity index (χ4n) is 6.01. The third kappa shape index (κ3) is 6.97. The van der Waals surface area contributed by atoms with Gasteiger partial charge in [0.05, 0.1) is 19.3 Å². The highest BCUT2D eigenvalue weighted by atomic mass is 16.5. The largest absolute Gasteiger partial charge is 0.508 e. The molecule has 186 valence electrons. The van der Waals surface area contributed by atoms with Crippen LogP contribution >= 0.6 is 0 Å². The van der Waals surface area contributed by atoms with Gasteiger partial charge in [-0.05, 0) is 92.2 Å². The number of nitrogens with one attached hydrogen (secondary N) is 1. The molecule has 0 saturated heterocycles. The number of benzene rings is 2. The molecule has 5 nitrogen and oxygen atoms in total. The lowest BCUT2D eigenvalue weighted by atomic mass is 9.67. The number of hydrogen-bond acceptors (Lipinski definition) is 5. The molecule has 2 saturated carbocycles. The van der Waals surface area contributed by atoms with Crippen molar-refractivity contribution in [2.75, 3.05) is 13.2 Å². The van der Waals surface area contributed by atoms with Gasteiger partial charge in [-0.15, -0.1) is 0 Å². The molecule has 2 unspecified atom stereocenters. The van der Waals surface area contributed by atoms with Gasteiger partial charge >= 0.3 is 0 Å². The van der Waals surface area contributed by atoms with Crippen molar-refractivity contribution in [1.82, 2.24) is 5.32 Å². The molecule has 0 radical (unpaired) electrons. The zero-order valence-corrected chi connectivity index (χ0v) is 20.5. The zero-order valence-electron chi connectivity index (χ0n) is 20.5. The summed E-state index contributed by atoms with van der Waals surface area (Å²) in [6.07, 6.45) is 9.91. The van der Waals surface area contributed by atoms with Gasteiger partial charge in [-0.1, -0.05) is 37.5 Å². The van der Waals surface area contributed by atoms with E-state index in [4.69, 9.17) is 4.74 Å². The molecule has 0 aliphatic heterocycles. The highest BCUT2D eigenvalue weighted by molar-refractivity contribution is 5.36. The molecule has 2 fully saturated rings. The summed E-state index contributed by atoms with van der Waals surface area (Å²) in [4.78, 5) is 0. The van der Waals surface area contributed by atoms with Gasteiger partial charge < -0.3 is 25.4 Å². The smallest absolute Gasteiger partial charge is 0.121 e. The molecule has 0 spiro atoms. The summed E-state index contributed by atoms with van der Waals surface area (Å²) >= 11 is 0. The second kappa shape index (κ2) is 12.1. The number of ether oxygens (including phenoxy) is 1. The van der Waals surface area contributed by atoms with E-state index in [0.29, 0.717) is 17.7 Å². The van der Waals surface area contributed by atoms with Crippen molar-refractivity contribution in [1.29, 1.82) is 0 Å². The Morgan fingerprint density at radius 1 is 1.06 bits per heavy atom. The van der Waals surface area contributed by atoms with E-state index in [1.165, 1.54) is 56.6 Å². The van der Waals surface area contributed by atoms with Crippen LogP contribution < -0.4 is 10.1 Å². The van der Waals surface area contributed by atoms with E-state index in [1.54, 1.807) is 12.1 Å².